The molecule has 7 heteroatoms. The van der Waals surface area contributed by atoms with Gasteiger partial charge in [0.05, 0.1) is 11.6 Å². The van der Waals surface area contributed by atoms with Crippen molar-refractivity contribution in [3.8, 4) is 0 Å². The molecule has 0 bridgehead atoms. The molecule has 0 aliphatic carbocycles. The SMILES string of the molecule is Cc1cccc(N2C(=O)C(O)=C(C(=O)c3cc4cc(Cl)ccc4o3)C2c2ccncc2)c1C. The number of hydrogen-bond acceptors (Lipinski definition) is 5. The number of rotatable bonds is 4. The molecule has 1 atom stereocenters. The highest BCUT2D eigenvalue weighted by Crippen LogP contribution is 2.43. The highest BCUT2D eigenvalue weighted by Gasteiger charge is 2.45. The van der Waals surface area contributed by atoms with E-state index < -0.39 is 23.5 Å². The molecular weight excluding hydrogens is 440 g/mol. The summed E-state index contributed by atoms with van der Waals surface area (Å²) in [7, 11) is 0. The van der Waals surface area contributed by atoms with Crippen LogP contribution in [0.15, 0.2) is 82.7 Å². The molecule has 0 spiro atoms. The van der Waals surface area contributed by atoms with Crippen molar-refractivity contribution in [3.63, 3.8) is 0 Å². The van der Waals surface area contributed by atoms with Crippen LogP contribution in [0.5, 0.6) is 0 Å². The number of fused-ring (bicyclic) bond motifs is 1. The Bertz CT molecular complexity index is 1460. The first-order valence-corrected chi connectivity index (χ1v) is 10.7. The number of aliphatic hydroxyl groups excluding tert-OH is 1. The van der Waals surface area contributed by atoms with E-state index in [-0.39, 0.29) is 11.3 Å². The maximum Gasteiger partial charge on any atom is 0.294 e. The van der Waals surface area contributed by atoms with Gasteiger partial charge in [0.15, 0.2) is 11.5 Å². The second-order valence-electron chi connectivity index (χ2n) is 7.96. The lowest BCUT2D eigenvalue weighted by Gasteiger charge is -2.28. The predicted molar refractivity (Wildman–Crippen MR) is 126 cm³/mol. The summed E-state index contributed by atoms with van der Waals surface area (Å²) in [4.78, 5) is 32.5. The minimum atomic E-state index is -0.842. The van der Waals surface area contributed by atoms with Gasteiger partial charge in [-0.15, -0.1) is 0 Å². The molecule has 4 aromatic rings. The Morgan fingerprint density at radius 2 is 1.85 bits per heavy atom. The highest BCUT2D eigenvalue weighted by atomic mass is 35.5. The minimum Gasteiger partial charge on any atom is -0.503 e. The summed E-state index contributed by atoms with van der Waals surface area (Å²) in [6.07, 6.45) is 3.17. The summed E-state index contributed by atoms with van der Waals surface area (Å²) in [6.45, 7) is 3.85. The number of nitrogens with zero attached hydrogens (tertiary/aromatic N) is 2. The van der Waals surface area contributed by atoms with Gasteiger partial charge in [-0.1, -0.05) is 23.7 Å². The number of carbonyl (C=O) groups excluding carboxylic acids is 2. The van der Waals surface area contributed by atoms with E-state index in [0.29, 0.717) is 27.2 Å². The second kappa shape index (κ2) is 7.90. The summed E-state index contributed by atoms with van der Waals surface area (Å²) in [5.74, 6) is -1.79. The number of furan rings is 1. The third kappa shape index (κ3) is 3.39. The van der Waals surface area contributed by atoms with Crippen LogP contribution in [0.3, 0.4) is 0 Å². The zero-order valence-corrected chi connectivity index (χ0v) is 18.6. The molecule has 2 aromatic carbocycles. The van der Waals surface area contributed by atoms with Crippen molar-refractivity contribution in [3.05, 3.63) is 106 Å². The van der Waals surface area contributed by atoms with E-state index in [4.69, 9.17) is 16.0 Å². The van der Waals surface area contributed by atoms with Crippen LogP contribution in [0.2, 0.25) is 5.02 Å². The maximum atomic E-state index is 13.6. The van der Waals surface area contributed by atoms with Gasteiger partial charge < -0.3 is 9.52 Å². The minimum absolute atomic E-state index is 0.0171. The molecule has 5 rings (SSSR count). The molecule has 0 radical (unpaired) electrons. The summed E-state index contributed by atoms with van der Waals surface area (Å²) in [5, 5.41) is 12.1. The normalized spacial score (nSPS) is 16.2. The number of aryl methyl sites for hydroxylation is 1. The Hall–Kier alpha value is -3.90. The van der Waals surface area contributed by atoms with Gasteiger partial charge in [-0.25, -0.2) is 0 Å². The predicted octanol–water partition coefficient (Wildman–Crippen LogP) is 5.88. The number of Topliss-reactive ketones (excluding diaryl/α,β-unsaturated/α-hetero) is 1. The van der Waals surface area contributed by atoms with E-state index in [9.17, 15) is 14.7 Å². The van der Waals surface area contributed by atoms with Crippen LogP contribution in [-0.2, 0) is 4.79 Å². The van der Waals surface area contributed by atoms with Crippen molar-refractivity contribution in [2.75, 3.05) is 4.90 Å². The number of ketones is 1. The number of carbonyl (C=O) groups is 2. The lowest BCUT2D eigenvalue weighted by atomic mass is 9.95. The van der Waals surface area contributed by atoms with Crippen molar-refractivity contribution in [2.45, 2.75) is 19.9 Å². The van der Waals surface area contributed by atoms with Gasteiger partial charge in [0.2, 0.25) is 5.78 Å². The van der Waals surface area contributed by atoms with Gasteiger partial charge in [-0.3, -0.25) is 19.5 Å². The van der Waals surface area contributed by atoms with Gasteiger partial charge >= 0.3 is 0 Å². The number of pyridine rings is 1. The smallest absolute Gasteiger partial charge is 0.294 e. The first-order chi connectivity index (χ1) is 15.9. The van der Waals surface area contributed by atoms with Gasteiger partial charge in [0.1, 0.15) is 5.58 Å². The van der Waals surface area contributed by atoms with Crippen molar-refractivity contribution in [1.29, 1.82) is 0 Å². The molecule has 1 aliphatic heterocycles. The first kappa shape index (κ1) is 21.0. The zero-order valence-electron chi connectivity index (χ0n) is 17.9. The van der Waals surface area contributed by atoms with Crippen molar-refractivity contribution in [2.24, 2.45) is 0 Å². The second-order valence-corrected chi connectivity index (χ2v) is 8.40. The van der Waals surface area contributed by atoms with Crippen molar-refractivity contribution < 1.29 is 19.1 Å². The number of benzene rings is 2. The van der Waals surface area contributed by atoms with Crippen LogP contribution >= 0.6 is 11.6 Å². The van der Waals surface area contributed by atoms with Crippen LogP contribution in [-0.4, -0.2) is 21.8 Å². The average Bonchev–Trinajstić information content (AvgIpc) is 3.34. The van der Waals surface area contributed by atoms with Crippen molar-refractivity contribution >= 4 is 39.9 Å². The molecule has 1 aliphatic rings. The molecule has 6 nitrogen and oxygen atoms in total. The molecular formula is C26H19ClN2O4. The quantitative estimate of drug-likeness (QED) is 0.386. The average molecular weight is 459 g/mol. The Morgan fingerprint density at radius 1 is 1.09 bits per heavy atom. The molecule has 164 valence electrons. The van der Waals surface area contributed by atoms with Crippen LogP contribution in [0, 0.1) is 13.8 Å². The van der Waals surface area contributed by atoms with Crippen LogP contribution in [0.4, 0.5) is 5.69 Å². The summed E-state index contributed by atoms with van der Waals surface area (Å²) in [5.41, 5.74) is 3.57. The third-order valence-corrected chi connectivity index (χ3v) is 6.25. The lowest BCUT2D eigenvalue weighted by Crippen LogP contribution is -2.31. The zero-order chi connectivity index (χ0) is 23.3. The molecule has 3 heterocycles. The van der Waals surface area contributed by atoms with Gasteiger partial charge in [-0.05, 0) is 73.0 Å². The van der Waals surface area contributed by atoms with E-state index in [1.54, 1.807) is 54.9 Å². The van der Waals surface area contributed by atoms with E-state index in [0.717, 1.165) is 11.1 Å². The fourth-order valence-corrected chi connectivity index (χ4v) is 4.38. The van der Waals surface area contributed by atoms with E-state index in [2.05, 4.69) is 4.98 Å². The molecule has 0 saturated heterocycles. The monoisotopic (exact) mass is 458 g/mol. The van der Waals surface area contributed by atoms with Crippen LogP contribution in [0.25, 0.3) is 11.0 Å². The Morgan fingerprint density at radius 3 is 2.61 bits per heavy atom. The molecule has 33 heavy (non-hydrogen) atoms. The van der Waals surface area contributed by atoms with Crippen LogP contribution < -0.4 is 4.90 Å². The Balaban J connectivity index is 1.68. The molecule has 1 amide bonds. The number of aromatic nitrogens is 1. The summed E-state index contributed by atoms with van der Waals surface area (Å²) in [6, 6.07) is 14.8. The standard InChI is InChI=1S/C26H19ClN2O4/c1-14-4-3-5-19(15(14)2)29-23(16-8-10-28-11-9-16)22(25(31)26(29)32)24(30)21-13-17-12-18(27)6-7-20(17)33-21/h3-13,23,31H,1-2H3. The fourth-order valence-electron chi connectivity index (χ4n) is 4.20. The number of amides is 1. The Labute approximate surface area is 194 Å². The van der Waals surface area contributed by atoms with Gasteiger partial charge in [0, 0.05) is 28.5 Å². The molecule has 1 N–H and O–H groups in total. The number of aliphatic hydroxyl groups is 1. The fraction of sp³-hybridized carbons (Fsp3) is 0.115. The largest absolute Gasteiger partial charge is 0.503 e. The summed E-state index contributed by atoms with van der Waals surface area (Å²) < 4.78 is 5.75. The van der Waals surface area contributed by atoms with E-state index >= 15 is 0 Å². The van der Waals surface area contributed by atoms with E-state index in [1.165, 1.54) is 4.90 Å². The number of halogens is 1. The number of anilines is 1. The summed E-state index contributed by atoms with van der Waals surface area (Å²) >= 11 is 6.06. The van der Waals surface area contributed by atoms with E-state index in [1.807, 2.05) is 26.0 Å². The first-order valence-electron chi connectivity index (χ1n) is 10.3. The topological polar surface area (TPSA) is 83.6 Å². The molecule has 1 unspecified atom stereocenters. The maximum absolute atomic E-state index is 13.6. The Kier molecular flexibility index (Phi) is 5.02. The third-order valence-electron chi connectivity index (χ3n) is 6.01. The highest BCUT2D eigenvalue weighted by molar-refractivity contribution is 6.31. The molecule has 0 fully saturated rings. The van der Waals surface area contributed by atoms with Crippen LogP contribution in [0.1, 0.15) is 33.3 Å². The van der Waals surface area contributed by atoms with Crippen molar-refractivity contribution in [1.82, 2.24) is 4.98 Å². The molecule has 2 aromatic heterocycles. The van der Waals surface area contributed by atoms with Gasteiger partial charge in [-0.2, -0.15) is 0 Å². The van der Waals surface area contributed by atoms with Gasteiger partial charge in [0.25, 0.3) is 5.91 Å². The lowest BCUT2D eigenvalue weighted by molar-refractivity contribution is -0.117. The number of hydrogen-bond donors (Lipinski definition) is 1. The molecule has 0 saturated carbocycles.